The van der Waals surface area contributed by atoms with Crippen LogP contribution in [0, 0.1) is 11.8 Å². The molecule has 3 atom stereocenters. The van der Waals surface area contributed by atoms with Crippen LogP contribution < -0.4 is 5.32 Å². The Kier molecular flexibility index (Phi) is 1.98. The van der Waals surface area contributed by atoms with Gasteiger partial charge in [0.15, 0.2) is 0 Å². The number of fused-ring (bicyclic) bond motifs is 1. The Hall–Kier alpha value is -1.06. The Balaban J connectivity index is 2.02. The van der Waals surface area contributed by atoms with Crippen molar-refractivity contribution in [3.05, 3.63) is 0 Å². The highest BCUT2D eigenvalue weighted by molar-refractivity contribution is 5.81. The smallest absolute Gasteiger partial charge is 0.302 e. The van der Waals surface area contributed by atoms with Gasteiger partial charge in [0.1, 0.15) is 6.10 Å². The fraction of sp³-hybridized carbons (Fsp3) is 0.778. The standard InChI is InChI=1S/C9H13NO3/c1-5(11)13-8-3-2-6-7(8)4-10-9(6)12/h6-8H,2-4H2,1H3,(H,10,12)/t6-,7-,8+/m1/s1. The third kappa shape index (κ3) is 1.41. The van der Waals surface area contributed by atoms with Crippen LogP contribution in [-0.2, 0) is 14.3 Å². The van der Waals surface area contributed by atoms with Crippen LogP contribution in [0.1, 0.15) is 19.8 Å². The molecule has 1 aliphatic heterocycles. The molecule has 0 aromatic rings. The van der Waals surface area contributed by atoms with Crippen molar-refractivity contribution >= 4 is 11.9 Å². The predicted molar refractivity (Wildman–Crippen MR) is 44.8 cm³/mol. The molecule has 1 saturated heterocycles. The van der Waals surface area contributed by atoms with Crippen molar-refractivity contribution in [3.8, 4) is 0 Å². The summed E-state index contributed by atoms with van der Waals surface area (Å²) in [5, 5.41) is 2.79. The number of hydrogen-bond donors (Lipinski definition) is 1. The van der Waals surface area contributed by atoms with Gasteiger partial charge in [-0.05, 0) is 12.8 Å². The highest BCUT2D eigenvalue weighted by Crippen LogP contribution is 2.37. The van der Waals surface area contributed by atoms with Gasteiger partial charge in [-0.25, -0.2) is 0 Å². The van der Waals surface area contributed by atoms with E-state index < -0.39 is 0 Å². The van der Waals surface area contributed by atoms with Gasteiger partial charge in [-0.1, -0.05) is 0 Å². The third-order valence-electron chi connectivity index (χ3n) is 2.92. The summed E-state index contributed by atoms with van der Waals surface area (Å²) in [6.07, 6.45) is 1.65. The van der Waals surface area contributed by atoms with Gasteiger partial charge in [0.25, 0.3) is 0 Å². The molecule has 0 aromatic heterocycles. The van der Waals surface area contributed by atoms with Crippen molar-refractivity contribution < 1.29 is 14.3 Å². The van der Waals surface area contributed by atoms with E-state index in [4.69, 9.17) is 4.74 Å². The second kappa shape index (κ2) is 3.01. The summed E-state index contributed by atoms with van der Waals surface area (Å²) in [5.41, 5.74) is 0. The average Bonchev–Trinajstić information content (AvgIpc) is 2.56. The molecule has 2 rings (SSSR count). The lowest BCUT2D eigenvalue weighted by molar-refractivity contribution is -0.148. The number of nitrogens with one attached hydrogen (secondary N) is 1. The first-order chi connectivity index (χ1) is 6.18. The molecule has 13 heavy (non-hydrogen) atoms. The number of esters is 1. The fourth-order valence-electron chi connectivity index (χ4n) is 2.34. The molecule has 1 heterocycles. The van der Waals surface area contributed by atoms with E-state index in [2.05, 4.69) is 5.32 Å². The van der Waals surface area contributed by atoms with Gasteiger partial charge in [0, 0.05) is 25.3 Å². The summed E-state index contributed by atoms with van der Waals surface area (Å²) < 4.78 is 5.14. The summed E-state index contributed by atoms with van der Waals surface area (Å²) in [7, 11) is 0. The minimum atomic E-state index is -0.245. The maximum atomic E-state index is 11.2. The second-order valence-electron chi connectivity index (χ2n) is 3.74. The van der Waals surface area contributed by atoms with Crippen molar-refractivity contribution in [2.45, 2.75) is 25.9 Å². The summed E-state index contributed by atoms with van der Waals surface area (Å²) in [5.74, 6) is 0.186. The van der Waals surface area contributed by atoms with E-state index >= 15 is 0 Å². The Morgan fingerprint density at radius 3 is 3.00 bits per heavy atom. The third-order valence-corrected chi connectivity index (χ3v) is 2.92. The van der Waals surface area contributed by atoms with Crippen molar-refractivity contribution in [1.82, 2.24) is 5.32 Å². The lowest BCUT2D eigenvalue weighted by Crippen LogP contribution is -2.25. The van der Waals surface area contributed by atoms with E-state index in [1.165, 1.54) is 6.92 Å². The quantitative estimate of drug-likeness (QED) is 0.585. The fourth-order valence-corrected chi connectivity index (χ4v) is 2.34. The van der Waals surface area contributed by atoms with E-state index in [9.17, 15) is 9.59 Å². The molecule has 1 aliphatic carbocycles. The molecular formula is C9H13NO3. The molecule has 4 nitrogen and oxygen atoms in total. The predicted octanol–water partition coefficient (Wildman–Crippen LogP) is 0.0741. The Morgan fingerprint density at radius 2 is 2.31 bits per heavy atom. The van der Waals surface area contributed by atoms with Crippen LogP contribution >= 0.6 is 0 Å². The zero-order valence-electron chi connectivity index (χ0n) is 7.58. The molecule has 72 valence electrons. The van der Waals surface area contributed by atoms with Crippen LogP contribution in [0.5, 0.6) is 0 Å². The zero-order chi connectivity index (χ0) is 9.42. The van der Waals surface area contributed by atoms with Gasteiger partial charge in [-0.2, -0.15) is 0 Å². The minimum absolute atomic E-state index is 0.0403. The van der Waals surface area contributed by atoms with Crippen LogP contribution in [-0.4, -0.2) is 24.5 Å². The lowest BCUT2D eigenvalue weighted by Gasteiger charge is -2.16. The SMILES string of the molecule is CC(=O)O[C@H]1CC[C@H]2C(=O)NC[C@@H]12. The van der Waals surface area contributed by atoms with Crippen molar-refractivity contribution in [1.29, 1.82) is 0 Å². The Bertz CT molecular complexity index is 251. The molecule has 2 aliphatic rings. The lowest BCUT2D eigenvalue weighted by atomic mass is 9.99. The van der Waals surface area contributed by atoms with Gasteiger partial charge < -0.3 is 10.1 Å². The van der Waals surface area contributed by atoms with E-state index in [-0.39, 0.29) is 29.8 Å². The number of rotatable bonds is 1. The van der Waals surface area contributed by atoms with Gasteiger partial charge in [0.05, 0.1) is 0 Å². The first kappa shape index (κ1) is 8.53. The summed E-state index contributed by atoms with van der Waals surface area (Å²) in [4.78, 5) is 22.0. The monoisotopic (exact) mass is 183 g/mol. The van der Waals surface area contributed by atoms with Crippen LogP contribution in [0.4, 0.5) is 0 Å². The molecule has 0 aromatic carbocycles. The van der Waals surface area contributed by atoms with E-state index in [0.717, 1.165) is 12.8 Å². The van der Waals surface area contributed by atoms with Crippen molar-refractivity contribution in [2.75, 3.05) is 6.54 Å². The van der Waals surface area contributed by atoms with Gasteiger partial charge in [0.2, 0.25) is 5.91 Å². The second-order valence-corrected chi connectivity index (χ2v) is 3.74. The molecule has 0 unspecified atom stereocenters. The summed E-state index contributed by atoms with van der Waals surface area (Å²) in [6, 6.07) is 0. The van der Waals surface area contributed by atoms with Gasteiger partial charge >= 0.3 is 5.97 Å². The summed E-state index contributed by atoms with van der Waals surface area (Å²) >= 11 is 0. The molecule has 2 fully saturated rings. The first-order valence-corrected chi connectivity index (χ1v) is 4.63. The molecule has 0 spiro atoms. The molecule has 0 bridgehead atoms. The van der Waals surface area contributed by atoms with E-state index in [1.54, 1.807) is 0 Å². The topological polar surface area (TPSA) is 55.4 Å². The molecule has 1 N–H and O–H groups in total. The van der Waals surface area contributed by atoms with E-state index in [1.807, 2.05) is 0 Å². The van der Waals surface area contributed by atoms with Gasteiger partial charge in [-0.3, -0.25) is 9.59 Å². The van der Waals surface area contributed by atoms with Crippen LogP contribution in [0.15, 0.2) is 0 Å². The number of carbonyl (C=O) groups excluding carboxylic acids is 2. The maximum absolute atomic E-state index is 11.2. The van der Waals surface area contributed by atoms with Crippen LogP contribution in [0.3, 0.4) is 0 Å². The van der Waals surface area contributed by atoms with Crippen LogP contribution in [0.2, 0.25) is 0 Å². The van der Waals surface area contributed by atoms with Crippen molar-refractivity contribution in [2.24, 2.45) is 11.8 Å². The highest BCUT2D eigenvalue weighted by atomic mass is 16.5. The maximum Gasteiger partial charge on any atom is 0.302 e. The van der Waals surface area contributed by atoms with Crippen molar-refractivity contribution in [3.63, 3.8) is 0 Å². The summed E-state index contributed by atoms with van der Waals surface area (Å²) in [6.45, 7) is 2.08. The minimum Gasteiger partial charge on any atom is -0.462 e. The first-order valence-electron chi connectivity index (χ1n) is 4.63. The number of ether oxygens (including phenoxy) is 1. The molecule has 1 amide bonds. The average molecular weight is 183 g/mol. The normalized spacial score (nSPS) is 37.0. The zero-order valence-corrected chi connectivity index (χ0v) is 7.58. The Morgan fingerprint density at radius 1 is 1.54 bits per heavy atom. The number of amides is 1. The largest absolute Gasteiger partial charge is 0.462 e. The molecule has 0 radical (unpaired) electrons. The highest BCUT2D eigenvalue weighted by Gasteiger charge is 2.45. The number of hydrogen-bond acceptors (Lipinski definition) is 3. The molecular weight excluding hydrogens is 170 g/mol. The Labute approximate surface area is 76.6 Å². The molecule has 4 heteroatoms. The van der Waals surface area contributed by atoms with E-state index in [0.29, 0.717) is 6.54 Å². The number of carbonyl (C=O) groups is 2. The van der Waals surface area contributed by atoms with Gasteiger partial charge in [-0.15, -0.1) is 0 Å². The van der Waals surface area contributed by atoms with Crippen LogP contribution in [0.25, 0.3) is 0 Å². The molecule has 1 saturated carbocycles.